The van der Waals surface area contributed by atoms with Crippen LogP contribution in [0, 0.1) is 0 Å². The van der Waals surface area contributed by atoms with Crippen LogP contribution >= 0.6 is 0 Å². The molecule has 3 heteroatoms. The predicted octanol–water partition coefficient (Wildman–Crippen LogP) is 1.85. The minimum atomic E-state index is 0.0370. The van der Waals surface area contributed by atoms with Crippen molar-refractivity contribution >= 4 is 5.91 Å². The second-order valence-corrected chi connectivity index (χ2v) is 4.50. The number of hydrogen-bond acceptors (Lipinski definition) is 2. The SMILES string of the molecule is CCc1ccc(C(=O)N(CCO)C2CC2)cc1. The number of carbonyl (C=O) groups excluding carboxylic acids is 1. The molecular weight excluding hydrogens is 214 g/mol. The summed E-state index contributed by atoms with van der Waals surface area (Å²) in [4.78, 5) is 14.0. The first-order valence-corrected chi connectivity index (χ1v) is 6.27. The molecule has 0 heterocycles. The molecule has 2 rings (SSSR count). The first kappa shape index (κ1) is 12.1. The summed E-state index contributed by atoms with van der Waals surface area (Å²) in [5, 5.41) is 9.00. The van der Waals surface area contributed by atoms with Crippen LogP contribution in [0.1, 0.15) is 35.7 Å². The van der Waals surface area contributed by atoms with Crippen LogP contribution in [0.4, 0.5) is 0 Å². The number of amides is 1. The van der Waals surface area contributed by atoms with E-state index in [-0.39, 0.29) is 12.5 Å². The largest absolute Gasteiger partial charge is 0.395 e. The maximum Gasteiger partial charge on any atom is 0.254 e. The van der Waals surface area contributed by atoms with E-state index in [4.69, 9.17) is 5.11 Å². The summed E-state index contributed by atoms with van der Waals surface area (Å²) in [6, 6.07) is 8.11. The quantitative estimate of drug-likeness (QED) is 0.843. The molecule has 0 bridgehead atoms. The normalized spacial score (nSPS) is 14.7. The molecule has 0 spiro atoms. The van der Waals surface area contributed by atoms with E-state index in [1.54, 1.807) is 4.90 Å². The molecule has 3 nitrogen and oxygen atoms in total. The van der Waals surface area contributed by atoms with Crippen LogP contribution in [0.15, 0.2) is 24.3 Å². The van der Waals surface area contributed by atoms with Gasteiger partial charge in [0, 0.05) is 18.2 Å². The number of aliphatic hydroxyl groups excluding tert-OH is 1. The molecule has 0 atom stereocenters. The number of aliphatic hydroxyl groups is 1. The lowest BCUT2D eigenvalue weighted by atomic mass is 10.1. The van der Waals surface area contributed by atoms with Gasteiger partial charge in [-0.2, -0.15) is 0 Å². The van der Waals surface area contributed by atoms with E-state index in [0.29, 0.717) is 12.6 Å². The van der Waals surface area contributed by atoms with E-state index in [1.165, 1.54) is 5.56 Å². The molecule has 1 saturated carbocycles. The van der Waals surface area contributed by atoms with Gasteiger partial charge in [0.25, 0.3) is 5.91 Å². The maximum absolute atomic E-state index is 12.2. The molecule has 0 radical (unpaired) electrons. The Morgan fingerprint density at radius 1 is 1.35 bits per heavy atom. The van der Waals surface area contributed by atoms with Gasteiger partial charge in [-0.05, 0) is 37.0 Å². The molecule has 0 aliphatic heterocycles. The van der Waals surface area contributed by atoms with Crippen LogP contribution in [-0.2, 0) is 6.42 Å². The zero-order valence-electron chi connectivity index (χ0n) is 10.2. The van der Waals surface area contributed by atoms with E-state index in [0.717, 1.165) is 24.8 Å². The molecule has 0 saturated heterocycles. The van der Waals surface area contributed by atoms with Gasteiger partial charge in [-0.1, -0.05) is 19.1 Å². The maximum atomic E-state index is 12.2. The third-order valence-corrected chi connectivity index (χ3v) is 3.20. The zero-order chi connectivity index (χ0) is 12.3. The highest BCUT2D eigenvalue weighted by Gasteiger charge is 2.32. The Hall–Kier alpha value is -1.35. The lowest BCUT2D eigenvalue weighted by Crippen LogP contribution is -2.35. The Balaban J connectivity index is 2.10. The molecule has 92 valence electrons. The topological polar surface area (TPSA) is 40.5 Å². The van der Waals surface area contributed by atoms with E-state index in [2.05, 4.69) is 6.92 Å². The van der Waals surface area contributed by atoms with Gasteiger partial charge >= 0.3 is 0 Å². The van der Waals surface area contributed by atoms with Crippen molar-refractivity contribution in [3.8, 4) is 0 Å². The zero-order valence-corrected chi connectivity index (χ0v) is 10.2. The summed E-state index contributed by atoms with van der Waals surface area (Å²) in [7, 11) is 0. The first-order valence-electron chi connectivity index (χ1n) is 6.27. The molecule has 1 aromatic rings. The van der Waals surface area contributed by atoms with Crippen LogP contribution in [0.3, 0.4) is 0 Å². The monoisotopic (exact) mass is 233 g/mol. The smallest absolute Gasteiger partial charge is 0.254 e. The Morgan fingerprint density at radius 3 is 2.47 bits per heavy atom. The molecule has 0 unspecified atom stereocenters. The summed E-state index contributed by atoms with van der Waals surface area (Å²) in [6.07, 6.45) is 3.12. The highest BCUT2D eigenvalue weighted by Crippen LogP contribution is 2.27. The number of carbonyl (C=O) groups is 1. The van der Waals surface area contributed by atoms with Crippen molar-refractivity contribution in [3.05, 3.63) is 35.4 Å². The van der Waals surface area contributed by atoms with Gasteiger partial charge in [0.2, 0.25) is 0 Å². The summed E-state index contributed by atoms with van der Waals surface area (Å²) in [5.74, 6) is 0.0456. The van der Waals surface area contributed by atoms with Crippen LogP contribution in [-0.4, -0.2) is 35.1 Å². The average Bonchev–Trinajstić information content (AvgIpc) is 3.19. The lowest BCUT2D eigenvalue weighted by Gasteiger charge is -2.21. The molecule has 1 aliphatic rings. The third-order valence-electron chi connectivity index (χ3n) is 3.20. The molecule has 17 heavy (non-hydrogen) atoms. The van der Waals surface area contributed by atoms with Crippen molar-refractivity contribution < 1.29 is 9.90 Å². The highest BCUT2D eigenvalue weighted by molar-refractivity contribution is 5.94. The Labute approximate surface area is 102 Å². The summed E-state index contributed by atoms with van der Waals surface area (Å²) < 4.78 is 0. The summed E-state index contributed by atoms with van der Waals surface area (Å²) in [6.45, 7) is 2.58. The number of aryl methyl sites for hydroxylation is 1. The Bertz CT molecular complexity index is 382. The minimum absolute atomic E-state index is 0.0370. The molecule has 1 fully saturated rings. The van der Waals surface area contributed by atoms with Crippen molar-refractivity contribution in [2.24, 2.45) is 0 Å². The van der Waals surface area contributed by atoms with Crippen molar-refractivity contribution in [3.63, 3.8) is 0 Å². The van der Waals surface area contributed by atoms with Crippen molar-refractivity contribution in [1.29, 1.82) is 0 Å². The van der Waals surface area contributed by atoms with Crippen molar-refractivity contribution in [2.75, 3.05) is 13.2 Å². The predicted molar refractivity (Wildman–Crippen MR) is 67.0 cm³/mol. The van der Waals surface area contributed by atoms with Gasteiger partial charge in [-0.15, -0.1) is 0 Å². The second-order valence-electron chi connectivity index (χ2n) is 4.50. The second kappa shape index (κ2) is 5.32. The van der Waals surface area contributed by atoms with Crippen LogP contribution in [0.25, 0.3) is 0 Å². The van der Waals surface area contributed by atoms with Crippen LogP contribution in [0.5, 0.6) is 0 Å². The molecule has 1 aromatic carbocycles. The van der Waals surface area contributed by atoms with Gasteiger partial charge in [0.05, 0.1) is 6.61 Å². The fraction of sp³-hybridized carbons (Fsp3) is 0.500. The number of benzene rings is 1. The average molecular weight is 233 g/mol. The third kappa shape index (κ3) is 2.86. The first-order chi connectivity index (χ1) is 8.26. The molecule has 1 N–H and O–H groups in total. The molecular formula is C14H19NO2. The van der Waals surface area contributed by atoms with Crippen LogP contribution in [0.2, 0.25) is 0 Å². The Kier molecular flexibility index (Phi) is 3.79. The van der Waals surface area contributed by atoms with Gasteiger partial charge in [0.15, 0.2) is 0 Å². The fourth-order valence-corrected chi connectivity index (χ4v) is 1.99. The highest BCUT2D eigenvalue weighted by atomic mass is 16.3. The van der Waals surface area contributed by atoms with E-state index in [1.807, 2.05) is 24.3 Å². The summed E-state index contributed by atoms with van der Waals surface area (Å²) in [5.41, 5.74) is 1.96. The number of hydrogen-bond donors (Lipinski definition) is 1. The van der Waals surface area contributed by atoms with E-state index < -0.39 is 0 Å². The van der Waals surface area contributed by atoms with Gasteiger partial charge in [-0.3, -0.25) is 4.79 Å². The molecule has 0 aromatic heterocycles. The summed E-state index contributed by atoms with van der Waals surface area (Å²) >= 11 is 0. The van der Waals surface area contributed by atoms with Gasteiger partial charge < -0.3 is 10.0 Å². The van der Waals surface area contributed by atoms with Crippen molar-refractivity contribution in [1.82, 2.24) is 4.90 Å². The van der Waals surface area contributed by atoms with E-state index in [9.17, 15) is 4.79 Å². The van der Waals surface area contributed by atoms with Gasteiger partial charge in [-0.25, -0.2) is 0 Å². The minimum Gasteiger partial charge on any atom is -0.395 e. The van der Waals surface area contributed by atoms with Gasteiger partial charge in [0.1, 0.15) is 0 Å². The lowest BCUT2D eigenvalue weighted by molar-refractivity contribution is 0.0707. The number of nitrogens with zero attached hydrogens (tertiary/aromatic N) is 1. The van der Waals surface area contributed by atoms with Crippen LogP contribution < -0.4 is 0 Å². The number of rotatable bonds is 5. The van der Waals surface area contributed by atoms with E-state index >= 15 is 0 Å². The molecule has 1 amide bonds. The standard InChI is InChI=1S/C14H19NO2/c1-2-11-3-5-12(6-4-11)14(17)15(9-10-16)13-7-8-13/h3-6,13,16H,2,7-10H2,1H3. The Morgan fingerprint density at radius 2 is 2.00 bits per heavy atom. The molecule has 1 aliphatic carbocycles. The fourth-order valence-electron chi connectivity index (χ4n) is 1.99. The van der Waals surface area contributed by atoms with Crippen molar-refractivity contribution in [2.45, 2.75) is 32.2 Å².